The molecule has 1 saturated carbocycles. The van der Waals surface area contributed by atoms with E-state index in [1.165, 1.54) is 12.1 Å². The molecule has 0 unspecified atom stereocenters. The fraction of sp³-hybridized carbons (Fsp3) is 0.400. The lowest BCUT2D eigenvalue weighted by molar-refractivity contribution is -0.137. The number of thiocarbonyl (C=S) groups is 1. The van der Waals surface area contributed by atoms with Crippen molar-refractivity contribution in [2.45, 2.75) is 31.0 Å². The maximum atomic E-state index is 13.1. The van der Waals surface area contributed by atoms with E-state index in [9.17, 15) is 18.0 Å². The minimum atomic E-state index is -4.68. The first kappa shape index (κ1) is 15.7. The molecule has 1 amide bonds. The highest BCUT2D eigenvalue weighted by Gasteiger charge is 2.57. The molecule has 0 N–H and O–H groups in total. The minimum Gasteiger partial charge on any atom is -0.337 e. The molecule has 3 rings (SSSR count). The number of rotatable bonds is 1. The molecule has 1 aromatic rings. The van der Waals surface area contributed by atoms with Crippen LogP contribution in [0.5, 0.6) is 0 Å². The Bertz CT molecular complexity index is 749. The van der Waals surface area contributed by atoms with E-state index in [0.717, 1.165) is 23.5 Å². The molecule has 0 atom stereocenters. The number of halogens is 3. The van der Waals surface area contributed by atoms with Crippen LogP contribution in [0.1, 0.15) is 30.4 Å². The van der Waals surface area contributed by atoms with Crippen LogP contribution in [0.3, 0.4) is 0 Å². The van der Waals surface area contributed by atoms with Crippen molar-refractivity contribution in [3.05, 3.63) is 29.3 Å². The van der Waals surface area contributed by atoms with Crippen LogP contribution in [0.15, 0.2) is 18.2 Å². The van der Waals surface area contributed by atoms with E-state index in [0.29, 0.717) is 12.8 Å². The topological polar surface area (TPSA) is 47.3 Å². The third kappa shape index (κ3) is 2.10. The van der Waals surface area contributed by atoms with E-state index in [4.69, 9.17) is 17.5 Å². The van der Waals surface area contributed by atoms with Crippen molar-refractivity contribution in [1.82, 2.24) is 4.90 Å². The molecular formula is C15H12F3N3OS. The largest absolute Gasteiger partial charge is 0.417 e. The van der Waals surface area contributed by atoms with Gasteiger partial charge in [-0.1, -0.05) is 0 Å². The number of amides is 1. The van der Waals surface area contributed by atoms with Gasteiger partial charge in [-0.3, -0.25) is 9.69 Å². The minimum absolute atomic E-state index is 0.0435. The number of hydrogen-bond acceptors (Lipinski definition) is 3. The second-order valence-electron chi connectivity index (χ2n) is 5.71. The normalized spacial score (nSPS) is 20.0. The van der Waals surface area contributed by atoms with Gasteiger partial charge < -0.3 is 4.90 Å². The van der Waals surface area contributed by atoms with Gasteiger partial charge in [0.2, 0.25) is 0 Å². The van der Waals surface area contributed by atoms with Crippen LogP contribution < -0.4 is 4.90 Å². The van der Waals surface area contributed by atoms with E-state index in [1.807, 2.05) is 0 Å². The quantitative estimate of drug-likeness (QED) is 0.738. The Morgan fingerprint density at radius 2 is 2.00 bits per heavy atom. The van der Waals surface area contributed by atoms with Gasteiger partial charge >= 0.3 is 6.18 Å². The monoisotopic (exact) mass is 339 g/mol. The summed E-state index contributed by atoms with van der Waals surface area (Å²) in [5.74, 6) is -0.297. The molecule has 0 radical (unpaired) electrons. The Balaban J connectivity index is 2.08. The summed E-state index contributed by atoms with van der Waals surface area (Å²) in [6, 6.07) is 4.73. The van der Waals surface area contributed by atoms with Gasteiger partial charge in [0.1, 0.15) is 5.54 Å². The molecule has 120 valence electrons. The zero-order valence-electron chi connectivity index (χ0n) is 12.1. The van der Waals surface area contributed by atoms with Crippen molar-refractivity contribution in [1.29, 1.82) is 5.26 Å². The maximum absolute atomic E-state index is 13.1. The highest BCUT2D eigenvalue weighted by molar-refractivity contribution is 7.80. The van der Waals surface area contributed by atoms with Gasteiger partial charge in [0, 0.05) is 7.05 Å². The number of anilines is 1. The highest BCUT2D eigenvalue weighted by Crippen LogP contribution is 2.45. The van der Waals surface area contributed by atoms with E-state index < -0.39 is 22.8 Å². The van der Waals surface area contributed by atoms with Gasteiger partial charge in [-0.05, 0) is 49.7 Å². The van der Waals surface area contributed by atoms with Crippen molar-refractivity contribution in [2.24, 2.45) is 0 Å². The van der Waals surface area contributed by atoms with E-state index in [1.54, 1.807) is 11.9 Å². The molecule has 8 heteroatoms. The van der Waals surface area contributed by atoms with E-state index in [-0.39, 0.29) is 16.7 Å². The molecule has 1 aliphatic carbocycles. The molecule has 4 nitrogen and oxygen atoms in total. The fourth-order valence-electron chi connectivity index (χ4n) is 3.06. The van der Waals surface area contributed by atoms with Gasteiger partial charge in [0.15, 0.2) is 5.11 Å². The highest BCUT2D eigenvalue weighted by atomic mass is 32.1. The number of benzene rings is 1. The molecule has 2 fully saturated rings. The summed E-state index contributed by atoms with van der Waals surface area (Å²) >= 11 is 5.25. The van der Waals surface area contributed by atoms with Gasteiger partial charge in [0.25, 0.3) is 5.91 Å². The summed E-state index contributed by atoms with van der Waals surface area (Å²) in [6.45, 7) is 0. The standard InChI is InChI=1S/C15H12F3N3OS/c1-20-13(23)21(12(22)14(20)5-2-6-14)10-4-3-9(8-19)11(7-10)15(16,17)18/h3-4,7H,2,5-6H2,1H3. The number of carbonyl (C=O) groups excluding carboxylic acids is 1. The predicted octanol–water partition coefficient (Wildman–Crippen LogP) is 3.06. The van der Waals surface area contributed by atoms with Crippen LogP contribution >= 0.6 is 12.2 Å². The zero-order valence-corrected chi connectivity index (χ0v) is 13.0. The molecule has 1 saturated heterocycles. The Hall–Kier alpha value is -2.14. The van der Waals surface area contributed by atoms with Crippen LogP contribution in [0.25, 0.3) is 0 Å². The van der Waals surface area contributed by atoms with Crippen LogP contribution in [-0.2, 0) is 11.0 Å². The summed E-state index contributed by atoms with van der Waals surface area (Å²) in [4.78, 5) is 15.5. The SMILES string of the molecule is CN1C(=S)N(c2ccc(C#N)c(C(F)(F)F)c2)C(=O)C12CCC2. The second kappa shape index (κ2) is 4.93. The van der Waals surface area contributed by atoms with Crippen molar-refractivity contribution in [2.75, 3.05) is 11.9 Å². The van der Waals surface area contributed by atoms with Crippen molar-refractivity contribution < 1.29 is 18.0 Å². The second-order valence-corrected chi connectivity index (χ2v) is 6.07. The molecule has 1 aliphatic heterocycles. The molecule has 1 aromatic carbocycles. The first-order valence-corrected chi connectivity index (χ1v) is 7.37. The molecule has 0 bridgehead atoms. The van der Waals surface area contributed by atoms with Gasteiger partial charge in [-0.2, -0.15) is 18.4 Å². The first-order chi connectivity index (χ1) is 10.7. The average molecular weight is 339 g/mol. The lowest BCUT2D eigenvalue weighted by atomic mass is 9.76. The smallest absolute Gasteiger partial charge is 0.337 e. The Labute approximate surface area is 136 Å². The summed E-state index contributed by atoms with van der Waals surface area (Å²) in [6.07, 6.45) is -2.51. The first-order valence-electron chi connectivity index (χ1n) is 6.96. The third-order valence-electron chi connectivity index (χ3n) is 4.59. The van der Waals surface area contributed by atoms with Crippen LogP contribution in [0.4, 0.5) is 18.9 Å². The van der Waals surface area contributed by atoms with E-state index >= 15 is 0 Å². The fourth-order valence-corrected chi connectivity index (χ4v) is 3.43. The molecule has 1 spiro atoms. The molecular weight excluding hydrogens is 327 g/mol. The number of alkyl halides is 3. The maximum Gasteiger partial charge on any atom is 0.417 e. The van der Waals surface area contributed by atoms with Crippen LogP contribution in [0, 0.1) is 11.3 Å². The summed E-state index contributed by atoms with van der Waals surface area (Å²) in [7, 11) is 1.69. The molecule has 23 heavy (non-hydrogen) atoms. The van der Waals surface area contributed by atoms with Crippen molar-refractivity contribution in [3.63, 3.8) is 0 Å². The lowest BCUT2D eigenvalue weighted by Gasteiger charge is -2.41. The van der Waals surface area contributed by atoms with Gasteiger partial charge in [-0.15, -0.1) is 0 Å². The van der Waals surface area contributed by atoms with Gasteiger partial charge in [0.05, 0.1) is 22.9 Å². The number of nitrogens with zero attached hydrogens (tertiary/aromatic N) is 3. The number of carbonyl (C=O) groups is 1. The Kier molecular flexibility index (Phi) is 3.37. The Morgan fingerprint density at radius 1 is 1.35 bits per heavy atom. The average Bonchev–Trinajstić information content (AvgIpc) is 2.64. The summed E-state index contributed by atoms with van der Waals surface area (Å²) in [5, 5.41) is 9.04. The van der Waals surface area contributed by atoms with Crippen molar-refractivity contribution in [3.8, 4) is 6.07 Å². The Morgan fingerprint density at radius 3 is 2.43 bits per heavy atom. The van der Waals surface area contributed by atoms with Crippen LogP contribution in [-0.4, -0.2) is 28.5 Å². The van der Waals surface area contributed by atoms with Gasteiger partial charge in [-0.25, -0.2) is 0 Å². The number of nitriles is 1. The molecule has 0 aromatic heterocycles. The zero-order chi connectivity index (χ0) is 17.0. The van der Waals surface area contributed by atoms with Crippen molar-refractivity contribution >= 4 is 28.9 Å². The lowest BCUT2D eigenvalue weighted by Crippen LogP contribution is -2.53. The van der Waals surface area contributed by atoms with Crippen LogP contribution in [0.2, 0.25) is 0 Å². The molecule has 1 heterocycles. The van der Waals surface area contributed by atoms with E-state index in [2.05, 4.69) is 0 Å². The third-order valence-corrected chi connectivity index (χ3v) is 5.05. The summed E-state index contributed by atoms with van der Waals surface area (Å²) in [5.41, 5.74) is -2.22. The predicted molar refractivity (Wildman–Crippen MR) is 80.6 cm³/mol. The summed E-state index contributed by atoms with van der Waals surface area (Å²) < 4.78 is 39.3. The number of hydrogen-bond donors (Lipinski definition) is 0. The molecule has 2 aliphatic rings. The number of likely N-dealkylation sites (N-methyl/N-ethyl adjacent to an activating group) is 1.